The summed E-state index contributed by atoms with van der Waals surface area (Å²) in [7, 11) is -3.20. The van der Waals surface area contributed by atoms with Crippen LogP contribution in [-0.4, -0.2) is 79.2 Å². The first-order chi connectivity index (χ1) is 13.9. The van der Waals surface area contributed by atoms with E-state index in [1.165, 1.54) is 0 Å². The van der Waals surface area contributed by atoms with Crippen LogP contribution in [0.3, 0.4) is 0 Å². The molecule has 2 saturated heterocycles. The average Bonchev–Trinajstić information content (AvgIpc) is 3.14. The predicted octanol–water partition coefficient (Wildman–Crippen LogP) is 0.440. The van der Waals surface area contributed by atoms with Crippen molar-refractivity contribution in [3.8, 4) is 0 Å². The van der Waals surface area contributed by atoms with E-state index in [-0.39, 0.29) is 36.4 Å². The van der Waals surface area contributed by atoms with E-state index in [2.05, 4.69) is 10.2 Å². The summed E-state index contributed by atoms with van der Waals surface area (Å²) >= 11 is 0. The zero-order valence-corrected chi connectivity index (χ0v) is 17.0. The van der Waals surface area contributed by atoms with Crippen molar-refractivity contribution in [1.82, 2.24) is 15.1 Å². The number of hydrogen-bond acceptors (Lipinski definition) is 6. The van der Waals surface area contributed by atoms with Gasteiger partial charge in [0.1, 0.15) is 0 Å². The first-order valence-corrected chi connectivity index (χ1v) is 11.9. The van der Waals surface area contributed by atoms with Gasteiger partial charge in [0.15, 0.2) is 9.84 Å². The van der Waals surface area contributed by atoms with Gasteiger partial charge in [0, 0.05) is 19.0 Å². The number of rotatable bonds is 5. The molecule has 0 radical (unpaired) electrons. The molecule has 1 aromatic rings. The van der Waals surface area contributed by atoms with Crippen molar-refractivity contribution >= 4 is 27.6 Å². The minimum Gasteiger partial charge on any atom is -0.351 e. The Morgan fingerprint density at radius 2 is 1.62 bits per heavy atom. The summed E-state index contributed by atoms with van der Waals surface area (Å²) in [5, 5.41) is 2.85. The summed E-state index contributed by atoms with van der Waals surface area (Å²) in [6.07, 6.45) is 3.18. The normalized spacial score (nSPS) is 26.6. The average molecular weight is 420 g/mol. The van der Waals surface area contributed by atoms with Gasteiger partial charge in [0.25, 0.3) is 11.8 Å². The smallest absolute Gasteiger partial charge is 0.261 e. The van der Waals surface area contributed by atoms with Gasteiger partial charge in [-0.1, -0.05) is 18.6 Å². The Bertz CT molecular complexity index is 904. The largest absolute Gasteiger partial charge is 0.351 e. The molecule has 1 aromatic carbocycles. The van der Waals surface area contributed by atoms with Crippen molar-refractivity contribution in [1.29, 1.82) is 0 Å². The maximum absolute atomic E-state index is 12.5. The second-order valence-electron chi connectivity index (χ2n) is 7.97. The van der Waals surface area contributed by atoms with Crippen LogP contribution in [0.1, 0.15) is 46.4 Å². The standard InChI is InChI=1S/C20H25N3O5S/c24-18(8-11-23-19(25)14-6-2-3-7-15(14)20(23)26)21-16-12-29(27,28)13-17(16)22-9-4-1-5-10-22/h2-3,6-7,16-17H,1,4-5,8-13H2,(H,21,24). The SMILES string of the molecule is O=C(CCN1C(=O)c2ccccc2C1=O)NC1CS(=O)(=O)CC1N1CCCCC1. The zero-order chi connectivity index (χ0) is 20.6. The minimum atomic E-state index is -3.20. The Morgan fingerprint density at radius 1 is 1.00 bits per heavy atom. The van der Waals surface area contributed by atoms with Crippen LogP contribution < -0.4 is 5.32 Å². The Kier molecular flexibility index (Phi) is 5.44. The number of nitrogens with zero attached hydrogens (tertiary/aromatic N) is 2. The highest BCUT2D eigenvalue weighted by atomic mass is 32.2. The number of hydrogen-bond donors (Lipinski definition) is 1. The molecule has 0 bridgehead atoms. The molecule has 2 atom stereocenters. The van der Waals surface area contributed by atoms with Crippen LogP contribution in [0.15, 0.2) is 24.3 Å². The van der Waals surface area contributed by atoms with Gasteiger partial charge in [-0.15, -0.1) is 0 Å². The quantitative estimate of drug-likeness (QED) is 0.695. The Hall–Kier alpha value is -2.26. The van der Waals surface area contributed by atoms with E-state index in [4.69, 9.17) is 0 Å². The fourth-order valence-corrected chi connectivity index (χ4v) is 6.46. The monoisotopic (exact) mass is 419 g/mol. The van der Waals surface area contributed by atoms with Gasteiger partial charge < -0.3 is 5.32 Å². The molecule has 3 heterocycles. The van der Waals surface area contributed by atoms with Crippen LogP contribution in [0.5, 0.6) is 0 Å². The van der Waals surface area contributed by atoms with E-state index in [0.29, 0.717) is 11.1 Å². The number of carbonyl (C=O) groups excluding carboxylic acids is 3. The predicted molar refractivity (Wildman–Crippen MR) is 106 cm³/mol. The minimum absolute atomic E-state index is 0.0218. The number of nitrogens with one attached hydrogen (secondary N) is 1. The second-order valence-corrected chi connectivity index (χ2v) is 10.1. The fraction of sp³-hybridized carbons (Fsp3) is 0.550. The number of benzene rings is 1. The number of sulfone groups is 1. The van der Waals surface area contributed by atoms with Gasteiger partial charge in [0.05, 0.1) is 28.7 Å². The molecular formula is C20H25N3O5S. The molecule has 0 aliphatic carbocycles. The van der Waals surface area contributed by atoms with E-state index in [0.717, 1.165) is 37.3 Å². The molecule has 2 fully saturated rings. The van der Waals surface area contributed by atoms with E-state index >= 15 is 0 Å². The molecule has 9 heteroatoms. The topological polar surface area (TPSA) is 104 Å². The Balaban J connectivity index is 1.37. The van der Waals surface area contributed by atoms with Crippen LogP contribution in [0.2, 0.25) is 0 Å². The molecule has 4 rings (SSSR count). The lowest BCUT2D eigenvalue weighted by Gasteiger charge is -2.35. The molecule has 0 aromatic heterocycles. The van der Waals surface area contributed by atoms with Gasteiger partial charge in [0.2, 0.25) is 5.91 Å². The maximum Gasteiger partial charge on any atom is 0.261 e. The molecule has 156 valence electrons. The van der Waals surface area contributed by atoms with Gasteiger partial charge in [-0.05, 0) is 38.1 Å². The molecule has 29 heavy (non-hydrogen) atoms. The van der Waals surface area contributed by atoms with E-state index < -0.39 is 27.7 Å². The third kappa shape index (κ3) is 4.06. The number of likely N-dealkylation sites (tertiary alicyclic amines) is 1. The third-order valence-corrected chi connectivity index (χ3v) is 7.69. The first kappa shape index (κ1) is 20.0. The number of fused-ring (bicyclic) bond motifs is 1. The lowest BCUT2D eigenvalue weighted by molar-refractivity contribution is -0.122. The fourth-order valence-electron chi connectivity index (χ4n) is 4.51. The number of amides is 3. The van der Waals surface area contributed by atoms with Crippen LogP contribution in [-0.2, 0) is 14.6 Å². The van der Waals surface area contributed by atoms with Gasteiger partial charge in [-0.25, -0.2) is 8.42 Å². The summed E-state index contributed by atoms with van der Waals surface area (Å²) in [6, 6.07) is 5.93. The first-order valence-electron chi connectivity index (χ1n) is 10.0. The summed E-state index contributed by atoms with van der Waals surface area (Å²) in [5.74, 6) is -1.13. The number of carbonyl (C=O) groups is 3. The Labute approximate surface area is 170 Å². The summed E-state index contributed by atoms with van der Waals surface area (Å²) < 4.78 is 24.4. The van der Waals surface area contributed by atoms with Crippen molar-refractivity contribution in [2.45, 2.75) is 37.8 Å². The van der Waals surface area contributed by atoms with Crippen LogP contribution in [0, 0.1) is 0 Å². The van der Waals surface area contributed by atoms with Crippen molar-refractivity contribution < 1.29 is 22.8 Å². The van der Waals surface area contributed by atoms with Crippen LogP contribution >= 0.6 is 0 Å². The maximum atomic E-state index is 12.5. The summed E-state index contributed by atoms with van der Waals surface area (Å²) in [4.78, 5) is 40.5. The molecule has 0 saturated carbocycles. The molecule has 2 unspecified atom stereocenters. The van der Waals surface area contributed by atoms with Crippen LogP contribution in [0.25, 0.3) is 0 Å². The zero-order valence-electron chi connectivity index (χ0n) is 16.2. The molecule has 3 aliphatic rings. The van der Waals surface area contributed by atoms with Crippen molar-refractivity contribution in [2.24, 2.45) is 0 Å². The molecule has 3 aliphatic heterocycles. The number of imide groups is 1. The highest BCUT2D eigenvalue weighted by Crippen LogP contribution is 2.24. The Morgan fingerprint density at radius 3 is 2.24 bits per heavy atom. The van der Waals surface area contributed by atoms with Crippen molar-refractivity contribution in [2.75, 3.05) is 31.1 Å². The van der Waals surface area contributed by atoms with E-state index in [9.17, 15) is 22.8 Å². The molecule has 1 N–H and O–H groups in total. The van der Waals surface area contributed by atoms with Crippen molar-refractivity contribution in [3.05, 3.63) is 35.4 Å². The molecule has 0 spiro atoms. The van der Waals surface area contributed by atoms with Gasteiger partial charge in [-0.3, -0.25) is 24.2 Å². The third-order valence-electron chi connectivity index (χ3n) is 5.97. The molecule has 8 nitrogen and oxygen atoms in total. The lowest BCUT2D eigenvalue weighted by atomic mass is 10.0. The van der Waals surface area contributed by atoms with Gasteiger partial charge >= 0.3 is 0 Å². The van der Waals surface area contributed by atoms with Crippen LogP contribution in [0.4, 0.5) is 0 Å². The summed E-state index contributed by atoms with van der Waals surface area (Å²) in [5.41, 5.74) is 0.704. The highest BCUT2D eigenvalue weighted by Gasteiger charge is 2.42. The second kappa shape index (κ2) is 7.87. The van der Waals surface area contributed by atoms with Crippen molar-refractivity contribution in [3.63, 3.8) is 0 Å². The highest BCUT2D eigenvalue weighted by molar-refractivity contribution is 7.91. The van der Waals surface area contributed by atoms with E-state index in [1.807, 2.05) is 0 Å². The lowest BCUT2D eigenvalue weighted by Crippen LogP contribution is -2.52. The van der Waals surface area contributed by atoms with E-state index in [1.54, 1.807) is 24.3 Å². The molecule has 3 amide bonds. The van der Waals surface area contributed by atoms with Gasteiger partial charge in [-0.2, -0.15) is 0 Å². The summed E-state index contributed by atoms with van der Waals surface area (Å²) in [6.45, 7) is 1.68. The molecular weight excluding hydrogens is 394 g/mol. The number of piperidine rings is 1.